The normalized spacial score (nSPS) is 23.5. The topological polar surface area (TPSA) is 61.8 Å². The third kappa shape index (κ3) is 2.59. The Morgan fingerprint density at radius 1 is 1.08 bits per heavy atom. The van der Waals surface area contributed by atoms with E-state index in [1.54, 1.807) is 42.5 Å². The molecule has 2 atom stereocenters. The zero-order valence-corrected chi connectivity index (χ0v) is 14.8. The van der Waals surface area contributed by atoms with Crippen molar-refractivity contribution in [3.8, 4) is 0 Å². The Labute approximate surface area is 158 Å². The number of halogens is 3. The Morgan fingerprint density at radius 3 is 2.60 bits per heavy atom. The van der Waals surface area contributed by atoms with Crippen LogP contribution in [0.25, 0.3) is 0 Å². The number of β-lactam (4-membered cyclic amide) rings is 1. The second kappa shape index (κ2) is 6.02. The molecular weight excluding hydrogens is 385 g/mol. The van der Waals surface area contributed by atoms with Crippen molar-refractivity contribution in [2.45, 2.75) is 11.4 Å². The van der Waals surface area contributed by atoms with Gasteiger partial charge in [0.05, 0.1) is 5.69 Å². The van der Waals surface area contributed by atoms with Gasteiger partial charge < -0.3 is 5.32 Å². The zero-order valence-electron chi connectivity index (χ0n) is 12.5. The molecule has 4 rings (SSSR count). The fourth-order valence-corrected chi connectivity index (χ4v) is 3.65. The number of benzene rings is 2. The molecule has 0 radical (unpaired) electrons. The average molecular weight is 395 g/mol. The van der Waals surface area contributed by atoms with Gasteiger partial charge in [-0.3, -0.25) is 9.59 Å². The first kappa shape index (κ1) is 16.4. The quantitative estimate of drug-likeness (QED) is 0.621. The second-order valence-electron chi connectivity index (χ2n) is 5.64. The Hall–Kier alpha value is -2.08. The fourth-order valence-electron chi connectivity index (χ4n) is 2.89. The van der Waals surface area contributed by atoms with Gasteiger partial charge in [0.1, 0.15) is 11.4 Å². The summed E-state index contributed by atoms with van der Waals surface area (Å²) >= 11 is 18.4. The molecular formula is C17H10Cl3N3O2. The van der Waals surface area contributed by atoms with Crippen molar-refractivity contribution in [1.82, 2.24) is 5.01 Å². The number of anilines is 1. The van der Waals surface area contributed by atoms with Crippen LogP contribution in [0.1, 0.15) is 17.2 Å². The van der Waals surface area contributed by atoms with Crippen LogP contribution in [0.5, 0.6) is 0 Å². The van der Waals surface area contributed by atoms with E-state index in [0.29, 0.717) is 26.9 Å². The molecule has 2 aliphatic heterocycles. The van der Waals surface area contributed by atoms with Crippen molar-refractivity contribution >= 4 is 58.0 Å². The van der Waals surface area contributed by atoms with E-state index in [1.807, 2.05) is 0 Å². The highest BCUT2D eigenvalue weighted by atomic mass is 35.5. The van der Waals surface area contributed by atoms with E-state index in [2.05, 4.69) is 10.4 Å². The Bertz CT molecular complexity index is 944. The van der Waals surface area contributed by atoms with Gasteiger partial charge in [-0.15, -0.1) is 11.6 Å². The van der Waals surface area contributed by atoms with Gasteiger partial charge in [0.2, 0.25) is 0 Å². The molecule has 1 fully saturated rings. The number of nitrogens with one attached hydrogen (secondary N) is 1. The lowest BCUT2D eigenvalue weighted by Gasteiger charge is -2.41. The van der Waals surface area contributed by atoms with Gasteiger partial charge in [0, 0.05) is 15.6 Å². The summed E-state index contributed by atoms with van der Waals surface area (Å²) in [5.41, 5.74) is 1.93. The third-order valence-electron chi connectivity index (χ3n) is 4.13. The molecule has 5 nitrogen and oxygen atoms in total. The summed E-state index contributed by atoms with van der Waals surface area (Å²) in [7, 11) is 0. The predicted octanol–water partition coefficient (Wildman–Crippen LogP) is 3.84. The van der Waals surface area contributed by atoms with Gasteiger partial charge in [-0.25, -0.2) is 5.01 Å². The molecule has 8 heteroatoms. The van der Waals surface area contributed by atoms with Gasteiger partial charge in [-0.1, -0.05) is 41.4 Å². The predicted molar refractivity (Wildman–Crippen MR) is 97.3 cm³/mol. The standard InChI is InChI=1S/C17H10Cl3N3O2/c18-8-5-6-12-10(7-8)14(16(24)21-12)22-23-15(13(20)17(23)25)9-3-1-2-4-11(9)19/h1-7,13,15H,(H,21,22,24). The lowest BCUT2D eigenvalue weighted by Crippen LogP contribution is -2.54. The average Bonchev–Trinajstić information content (AvgIpc) is 2.90. The zero-order chi connectivity index (χ0) is 17.7. The van der Waals surface area contributed by atoms with Crippen molar-refractivity contribution in [3.63, 3.8) is 0 Å². The molecule has 1 saturated heterocycles. The van der Waals surface area contributed by atoms with E-state index in [-0.39, 0.29) is 11.6 Å². The number of fused-ring (bicyclic) bond motifs is 1. The highest BCUT2D eigenvalue weighted by molar-refractivity contribution is 6.54. The monoisotopic (exact) mass is 393 g/mol. The third-order valence-corrected chi connectivity index (χ3v) is 5.14. The van der Waals surface area contributed by atoms with Crippen LogP contribution in [-0.2, 0) is 9.59 Å². The number of carbonyl (C=O) groups is 2. The van der Waals surface area contributed by atoms with Crippen LogP contribution >= 0.6 is 34.8 Å². The maximum atomic E-state index is 12.2. The molecule has 2 unspecified atom stereocenters. The number of hydrogen-bond donors (Lipinski definition) is 1. The molecule has 2 amide bonds. The number of rotatable bonds is 2. The van der Waals surface area contributed by atoms with E-state index in [1.165, 1.54) is 5.01 Å². The number of alkyl halides is 1. The summed E-state index contributed by atoms with van der Waals surface area (Å²) in [5.74, 6) is -0.789. The first-order valence-corrected chi connectivity index (χ1v) is 8.58. The molecule has 0 aromatic heterocycles. The molecule has 2 aromatic rings. The number of nitrogens with zero attached hydrogens (tertiary/aromatic N) is 2. The van der Waals surface area contributed by atoms with Gasteiger partial charge >= 0.3 is 0 Å². The van der Waals surface area contributed by atoms with Gasteiger partial charge in [-0.2, -0.15) is 5.10 Å². The Balaban J connectivity index is 1.76. The van der Waals surface area contributed by atoms with Crippen LogP contribution in [0.15, 0.2) is 47.6 Å². The van der Waals surface area contributed by atoms with E-state index >= 15 is 0 Å². The summed E-state index contributed by atoms with van der Waals surface area (Å²) in [4.78, 5) is 24.5. The minimum atomic E-state index is -0.785. The molecule has 2 aromatic carbocycles. The number of amides is 2. The lowest BCUT2D eigenvalue weighted by molar-refractivity contribution is -0.145. The van der Waals surface area contributed by atoms with Crippen LogP contribution in [0.3, 0.4) is 0 Å². The number of carbonyl (C=O) groups excluding carboxylic acids is 2. The molecule has 0 bridgehead atoms. The lowest BCUT2D eigenvalue weighted by atomic mass is 9.95. The van der Waals surface area contributed by atoms with Gasteiger partial charge in [-0.05, 0) is 29.8 Å². The first-order chi connectivity index (χ1) is 12.0. The maximum absolute atomic E-state index is 12.2. The smallest absolute Gasteiger partial charge is 0.276 e. The number of hydrogen-bond acceptors (Lipinski definition) is 3. The molecule has 2 heterocycles. The summed E-state index contributed by atoms with van der Waals surface area (Å²) in [6, 6.07) is 11.5. The number of hydrazone groups is 1. The largest absolute Gasteiger partial charge is 0.320 e. The summed E-state index contributed by atoms with van der Waals surface area (Å²) in [6.45, 7) is 0. The highest BCUT2D eigenvalue weighted by Crippen LogP contribution is 2.42. The van der Waals surface area contributed by atoms with Crippen LogP contribution in [-0.4, -0.2) is 27.9 Å². The van der Waals surface area contributed by atoms with E-state index in [4.69, 9.17) is 34.8 Å². The minimum absolute atomic E-state index is 0.117. The molecule has 0 spiro atoms. The summed E-state index contributed by atoms with van der Waals surface area (Å²) < 4.78 is 0. The van der Waals surface area contributed by atoms with Crippen molar-refractivity contribution in [3.05, 3.63) is 63.6 Å². The SMILES string of the molecule is O=C1Nc2ccc(Cl)cc2/C1=N/N1C(=O)C(Cl)C1c1ccccc1Cl. The Morgan fingerprint density at radius 2 is 1.84 bits per heavy atom. The second-order valence-corrected chi connectivity index (χ2v) is 6.96. The van der Waals surface area contributed by atoms with Crippen molar-refractivity contribution in [2.75, 3.05) is 5.32 Å². The highest BCUT2D eigenvalue weighted by Gasteiger charge is 2.49. The van der Waals surface area contributed by atoms with Gasteiger partial charge in [0.25, 0.3) is 11.8 Å². The first-order valence-electron chi connectivity index (χ1n) is 7.39. The van der Waals surface area contributed by atoms with Crippen molar-refractivity contribution < 1.29 is 9.59 Å². The molecule has 0 aliphatic carbocycles. The maximum Gasteiger partial charge on any atom is 0.276 e. The molecule has 25 heavy (non-hydrogen) atoms. The molecule has 2 aliphatic rings. The van der Waals surface area contributed by atoms with Gasteiger partial charge in [0.15, 0.2) is 5.71 Å². The van der Waals surface area contributed by atoms with Crippen LogP contribution in [0.4, 0.5) is 5.69 Å². The minimum Gasteiger partial charge on any atom is -0.320 e. The molecule has 1 N–H and O–H groups in total. The van der Waals surface area contributed by atoms with E-state index in [0.717, 1.165) is 0 Å². The fraction of sp³-hybridized carbons (Fsp3) is 0.118. The van der Waals surface area contributed by atoms with Crippen LogP contribution < -0.4 is 5.32 Å². The molecule has 126 valence electrons. The summed E-state index contributed by atoms with van der Waals surface area (Å²) in [6.07, 6.45) is 0. The Kier molecular flexibility index (Phi) is 3.95. The van der Waals surface area contributed by atoms with E-state index in [9.17, 15) is 9.59 Å². The van der Waals surface area contributed by atoms with Crippen molar-refractivity contribution in [1.29, 1.82) is 0 Å². The molecule has 0 saturated carbocycles. The van der Waals surface area contributed by atoms with Crippen molar-refractivity contribution in [2.24, 2.45) is 5.10 Å². The van der Waals surface area contributed by atoms with E-state index < -0.39 is 17.3 Å². The van der Waals surface area contributed by atoms with Crippen LogP contribution in [0, 0.1) is 0 Å². The van der Waals surface area contributed by atoms with Crippen LogP contribution in [0.2, 0.25) is 10.0 Å². The summed E-state index contributed by atoms with van der Waals surface area (Å²) in [5, 5.41) is 8.32.